The molecule has 2 saturated carbocycles. The predicted molar refractivity (Wildman–Crippen MR) is 399 cm³/mol. The van der Waals surface area contributed by atoms with Crippen LogP contribution in [0.25, 0.3) is 117 Å². The van der Waals surface area contributed by atoms with E-state index in [4.69, 9.17) is 28.7 Å². The quantitative estimate of drug-likeness (QED) is 0.165. The Morgan fingerprint density at radius 3 is 1.08 bits per heavy atom. The molecule has 0 spiro atoms. The molecule has 0 unspecified atom stereocenters. The van der Waals surface area contributed by atoms with Crippen molar-refractivity contribution in [3.63, 3.8) is 0 Å². The van der Waals surface area contributed by atoms with E-state index in [1.165, 1.54) is 0 Å². The molecular formula is C86H93N12+3. The number of para-hydroxylation sites is 6. The number of hydrogen-bond donors (Lipinski definition) is 0. The van der Waals surface area contributed by atoms with E-state index >= 15 is 0 Å². The lowest BCUT2D eigenvalue weighted by molar-refractivity contribution is -0.661. The van der Waals surface area contributed by atoms with Gasteiger partial charge in [-0.3, -0.25) is 26.9 Å². The van der Waals surface area contributed by atoms with Gasteiger partial charge in [0.2, 0.25) is 34.4 Å². The van der Waals surface area contributed by atoms with E-state index in [0.29, 0.717) is 53.5 Å². The number of aryl methyl sites for hydroxylation is 9. The van der Waals surface area contributed by atoms with Crippen molar-refractivity contribution in [2.75, 3.05) is 0 Å². The summed E-state index contributed by atoms with van der Waals surface area (Å²) in [6.45, 7) is 15.9. The number of hydrogen-bond acceptors (Lipinski definition) is 3. The summed E-state index contributed by atoms with van der Waals surface area (Å²) in [4.78, 5) is 15.2. The smallest absolute Gasteiger partial charge is 0.220 e. The maximum absolute atomic E-state index is 9.78. The summed E-state index contributed by atoms with van der Waals surface area (Å²) >= 11 is 0. The van der Waals surface area contributed by atoms with Gasteiger partial charge < -0.3 is 0 Å². The van der Waals surface area contributed by atoms with Crippen molar-refractivity contribution >= 4 is 83.5 Å². The highest BCUT2D eigenvalue weighted by atomic mass is 15.3. The number of fused-ring (bicyclic) bond motifs is 21. The van der Waals surface area contributed by atoms with Crippen LogP contribution in [0, 0.1) is 41.3 Å². The molecule has 6 aromatic carbocycles. The second kappa shape index (κ2) is 21.1. The van der Waals surface area contributed by atoms with E-state index in [1.54, 1.807) is 32.4 Å². The standard InChI is InChI=1S/C30H33N4.C29H31N4.C27H29N4/c1-18-15-16-23-27-25(18)28-26(24(19(2)17-32(28)5)20-11-7-6-8-12-20)30(3,4)34(27)29-31-21-13-9-10-14-22(21)33(23)29;1-17-14-15-22-26-24(17)27-25(23(18(2)16-31(27)5)19-10-6-7-11-19)29(3,4)33(26)28-30-20-12-8-9-13-21(20)32(22)28;1-15(2)21-17(4)14-29(7)25-22-16(3)12-13-20-24(22)31(27(5,6)23(21)25)26-28-18-10-8-9-11-19(18)30(20)26/h9-10,13-17,20H,6-8,11-12H2,1-5H3;8-9,12-16,19H,6-7,10-11H2,1-5H3;8-15H,1-7H3/q3*+1/i2D3,20D;2D3,19D;4D3,15D. The summed E-state index contributed by atoms with van der Waals surface area (Å²) in [5.74, 6) is -0.485. The van der Waals surface area contributed by atoms with Gasteiger partial charge in [-0.15, -0.1) is 0 Å². The number of rotatable bonds is 3. The van der Waals surface area contributed by atoms with Gasteiger partial charge in [0.25, 0.3) is 0 Å². The zero-order valence-corrected chi connectivity index (χ0v) is 58.9. The first-order valence-corrected chi connectivity index (χ1v) is 35.1. The minimum Gasteiger partial charge on any atom is -0.299 e. The third kappa shape index (κ3) is 8.00. The summed E-state index contributed by atoms with van der Waals surface area (Å²) in [5, 5.41) is 0. The predicted octanol–water partition coefficient (Wildman–Crippen LogP) is 18.8. The third-order valence-corrected chi connectivity index (χ3v) is 23.1. The van der Waals surface area contributed by atoms with E-state index in [2.05, 4.69) is 144 Å². The van der Waals surface area contributed by atoms with Gasteiger partial charge in [0.05, 0.1) is 116 Å². The molecule has 0 atom stereocenters. The molecule has 20 rings (SSSR count). The molecular weight excluding hydrogens is 1200 g/mol. The Kier molecular flexibility index (Phi) is 10.6. The molecule has 98 heavy (non-hydrogen) atoms. The lowest BCUT2D eigenvalue weighted by Gasteiger charge is -2.38. The van der Waals surface area contributed by atoms with Crippen LogP contribution in [-0.2, 0) is 37.8 Å². The third-order valence-electron chi connectivity index (χ3n) is 23.1. The van der Waals surface area contributed by atoms with Crippen LogP contribution in [0.15, 0.2) is 128 Å². The average Bonchev–Trinajstić information content (AvgIpc) is 1.47. The zero-order chi connectivity index (χ0) is 78.1. The fourth-order valence-electron chi connectivity index (χ4n) is 19.1. The molecule has 5 aliphatic rings. The Morgan fingerprint density at radius 2 is 0.735 bits per heavy atom. The Labute approximate surface area is 591 Å². The molecule has 12 heterocycles. The second-order valence-corrected chi connectivity index (χ2v) is 30.5. The highest BCUT2D eigenvalue weighted by Crippen LogP contribution is 2.55. The van der Waals surface area contributed by atoms with E-state index in [0.717, 1.165) is 183 Å². The molecule has 0 bridgehead atoms. The molecule has 0 radical (unpaired) electrons. The van der Waals surface area contributed by atoms with E-state index in [1.807, 2.05) is 89.4 Å². The number of imidazole rings is 6. The van der Waals surface area contributed by atoms with Crippen LogP contribution in [0.3, 0.4) is 0 Å². The molecule has 0 saturated heterocycles. The van der Waals surface area contributed by atoms with Gasteiger partial charge in [-0.2, -0.15) is 0 Å². The lowest BCUT2D eigenvalue weighted by atomic mass is 9.73. The van der Waals surface area contributed by atoms with E-state index < -0.39 is 54.9 Å². The van der Waals surface area contributed by atoms with Crippen LogP contribution < -0.4 is 13.7 Å². The van der Waals surface area contributed by atoms with Gasteiger partial charge in [0.1, 0.15) is 21.1 Å². The molecule has 9 aromatic heterocycles. The number of benzene rings is 6. The Hall–Kier alpha value is -9.42. The van der Waals surface area contributed by atoms with Gasteiger partial charge in [-0.05, 0) is 214 Å². The van der Waals surface area contributed by atoms with E-state index in [9.17, 15) is 2.74 Å². The van der Waals surface area contributed by atoms with Crippen LogP contribution in [0.4, 0.5) is 0 Å². The Bertz CT molecular complexity index is 6540. The Balaban J connectivity index is 0.000000116. The summed E-state index contributed by atoms with van der Waals surface area (Å²) in [7, 11) is 5.83. The van der Waals surface area contributed by atoms with Gasteiger partial charge in [-0.25, -0.2) is 28.7 Å². The Morgan fingerprint density at radius 1 is 0.418 bits per heavy atom. The molecule has 15 aromatic rings. The molecule has 0 amide bonds. The van der Waals surface area contributed by atoms with Gasteiger partial charge in [0.15, 0.2) is 18.6 Å². The monoisotopic (exact) mass is 1310 g/mol. The summed E-state index contributed by atoms with van der Waals surface area (Å²) < 4.78 is 124. The molecule has 2 fully saturated rings. The highest BCUT2D eigenvalue weighted by Gasteiger charge is 2.49. The number of nitrogens with zero attached hydrogens (tertiary/aromatic N) is 12. The minimum atomic E-state index is -2.34. The fraction of sp³-hybridized carbons (Fsp3) is 0.372. The van der Waals surface area contributed by atoms with Crippen molar-refractivity contribution in [3.8, 4) is 33.8 Å². The van der Waals surface area contributed by atoms with Gasteiger partial charge in [-0.1, -0.05) is 101 Å². The van der Waals surface area contributed by atoms with Crippen LogP contribution in [0.1, 0.15) is 214 Å². The number of aromatic nitrogens is 12. The number of pyridine rings is 3. The normalized spacial score (nSPS) is 19.7. The van der Waals surface area contributed by atoms with Gasteiger partial charge in [0, 0.05) is 33.1 Å². The maximum Gasteiger partial charge on any atom is 0.220 e. The highest BCUT2D eigenvalue weighted by molar-refractivity contribution is 6.04. The SMILES string of the molecule is [2H]C([2H])([2H])c1c[n+](C)c2c(c1C([2H])(C)C)C(C)(C)n1c3c-2c(C)ccc3n2c3ccccc3nc12.[2H]C([2H])([2H])c1c[n+](C)c2c(c1C1([2H])CCCC1)C(C)(C)n1c3c-2c(C)ccc3n2c3ccccc3nc12.[2H]C([2H])([2H])c1c[n+](C)c2c(c1C1([2H])CCCCC1)C(C)(C)n1c3c-2c(C)ccc3n2c3ccccc3nc12. The van der Waals surface area contributed by atoms with E-state index in [-0.39, 0.29) is 5.56 Å². The molecule has 3 aliphatic heterocycles. The topological polar surface area (TPSA) is 78.3 Å². The van der Waals surface area contributed by atoms with Crippen LogP contribution in [0.2, 0.25) is 0 Å². The minimum absolute atomic E-state index is 0.233. The van der Waals surface area contributed by atoms with Crippen molar-refractivity contribution in [3.05, 3.63) is 195 Å². The first kappa shape index (κ1) is 49.1. The van der Waals surface area contributed by atoms with Crippen molar-refractivity contribution in [1.29, 1.82) is 0 Å². The van der Waals surface area contributed by atoms with Crippen molar-refractivity contribution in [2.45, 2.75) is 189 Å². The van der Waals surface area contributed by atoms with Crippen molar-refractivity contribution in [2.24, 2.45) is 21.1 Å². The van der Waals surface area contributed by atoms with Crippen molar-refractivity contribution < 1.29 is 30.2 Å². The average molecular weight is 1310 g/mol. The summed E-state index contributed by atoms with van der Waals surface area (Å²) in [5.41, 5.74) is 25.8. The second-order valence-electron chi connectivity index (χ2n) is 30.5. The maximum atomic E-state index is 9.78. The molecule has 12 heteroatoms. The summed E-state index contributed by atoms with van der Waals surface area (Å²) in [6, 6.07) is 37.5. The molecule has 494 valence electrons. The lowest BCUT2D eigenvalue weighted by Crippen LogP contribution is -2.42. The first-order valence-electron chi connectivity index (χ1n) is 41.1. The fourth-order valence-corrected chi connectivity index (χ4v) is 19.1. The van der Waals surface area contributed by atoms with Crippen LogP contribution >= 0.6 is 0 Å². The van der Waals surface area contributed by atoms with Gasteiger partial charge >= 0.3 is 0 Å². The first-order chi connectivity index (χ1) is 51.6. The molecule has 0 N–H and O–H groups in total. The molecule has 2 aliphatic carbocycles. The zero-order valence-electron chi connectivity index (χ0n) is 70.9. The van der Waals surface area contributed by atoms with Crippen LogP contribution in [0.5, 0.6) is 0 Å². The largest absolute Gasteiger partial charge is 0.299 e. The van der Waals surface area contributed by atoms with Crippen molar-refractivity contribution in [1.82, 2.24) is 41.9 Å². The molecule has 12 nitrogen and oxygen atoms in total. The summed E-state index contributed by atoms with van der Waals surface area (Å²) in [6.07, 6.45) is 12.9. The van der Waals surface area contributed by atoms with Crippen LogP contribution in [-0.4, -0.2) is 41.9 Å².